The topological polar surface area (TPSA) is 75.8 Å². The van der Waals surface area contributed by atoms with Gasteiger partial charge in [-0.15, -0.1) is 0 Å². The lowest BCUT2D eigenvalue weighted by atomic mass is 9.84. The third-order valence-electron chi connectivity index (χ3n) is 3.52. The van der Waals surface area contributed by atoms with Crippen molar-refractivity contribution in [3.8, 4) is 0 Å². The van der Waals surface area contributed by atoms with Gasteiger partial charge in [0.1, 0.15) is 0 Å². The minimum Gasteiger partial charge on any atom is -0.394 e. The number of amides is 1. The number of aliphatic hydroxyl groups is 1. The Morgan fingerprint density at radius 1 is 1.44 bits per heavy atom. The Bertz CT molecular complexity index is 248. The van der Waals surface area contributed by atoms with Gasteiger partial charge in [0.15, 0.2) is 0 Å². The van der Waals surface area contributed by atoms with Gasteiger partial charge in [-0.2, -0.15) is 0 Å². The van der Waals surface area contributed by atoms with Crippen LogP contribution in [0.2, 0.25) is 0 Å². The molecule has 0 saturated heterocycles. The Kier molecular flexibility index (Phi) is 7.23. The van der Waals surface area contributed by atoms with Crippen LogP contribution in [0.5, 0.6) is 0 Å². The fourth-order valence-corrected chi connectivity index (χ4v) is 2.41. The molecule has 18 heavy (non-hydrogen) atoms. The summed E-state index contributed by atoms with van der Waals surface area (Å²) in [6.07, 6.45) is 4.93. The van der Waals surface area contributed by atoms with Crippen LogP contribution in [0, 0.1) is 5.92 Å². The molecular weight excluding hydrogens is 232 g/mol. The molecule has 0 aromatic heterocycles. The second-order valence-electron chi connectivity index (χ2n) is 5.15. The Hall–Kier alpha value is -0.650. The van der Waals surface area contributed by atoms with Gasteiger partial charge in [-0.25, -0.2) is 0 Å². The first kappa shape index (κ1) is 15.4. The normalized spacial score (nSPS) is 23.9. The monoisotopic (exact) mass is 258 g/mol. The first-order valence-electron chi connectivity index (χ1n) is 6.81. The molecule has 0 spiro atoms. The van der Waals surface area contributed by atoms with Crippen LogP contribution in [0.4, 0.5) is 0 Å². The van der Waals surface area contributed by atoms with Crippen molar-refractivity contribution >= 4 is 5.91 Å². The first-order chi connectivity index (χ1) is 8.63. The molecule has 0 aromatic rings. The third-order valence-corrected chi connectivity index (χ3v) is 3.52. The van der Waals surface area contributed by atoms with E-state index in [1.54, 1.807) is 11.9 Å². The molecule has 1 amide bonds. The predicted octanol–water partition coefficient (Wildman–Crippen LogP) is 0.361. The Balaban J connectivity index is 2.18. The third kappa shape index (κ3) is 5.80. The van der Waals surface area contributed by atoms with Crippen LogP contribution in [0.3, 0.4) is 0 Å². The van der Waals surface area contributed by atoms with Crippen molar-refractivity contribution in [2.45, 2.75) is 38.1 Å². The highest BCUT2D eigenvalue weighted by Crippen LogP contribution is 2.26. The van der Waals surface area contributed by atoms with E-state index in [-0.39, 0.29) is 18.6 Å². The lowest BCUT2D eigenvalue weighted by Gasteiger charge is -2.27. The molecule has 0 heterocycles. The SMILES string of the molecule is CN(CCOCCO)C(=O)CC1CCCC(N)C1. The Morgan fingerprint density at radius 3 is 2.89 bits per heavy atom. The number of carbonyl (C=O) groups is 1. The number of nitrogens with zero attached hydrogens (tertiary/aromatic N) is 1. The summed E-state index contributed by atoms with van der Waals surface area (Å²) < 4.78 is 5.15. The number of carbonyl (C=O) groups excluding carboxylic acids is 1. The van der Waals surface area contributed by atoms with E-state index in [0.29, 0.717) is 32.1 Å². The largest absolute Gasteiger partial charge is 0.394 e. The van der Waals surface area contributed by atoms with Crippen LogP contribution in [0.15, 0.2) is 0 Å². The van der Waals surface area contributed by atoms with Gasteiger partial charge in [-0.3, -0.25) is 4.79 Å². The van der Waals surface area contributed by atoms with Gasteiger partial charge >= 0.3 is 0 Å². The van der Waals surface area contributed by atoms with Crippen molar-refractivity contribution in [1.29, 1.82) is 0 Å². The highest BCUT2D eigenvalue weighted by Gasteiger charge is 2.22. The van der Waals surface area contributed by atoms with Crippen molar-refractivity contribution in [2.24, 2.45) is 11.7 Å². The first-order valence-corrected chi connectivity index (χ1v) is 6.81. The molecule has 1 saturated carbocycles. The molecule has 0 bridgehead atoms. The van der Waals surface area contributed by atoms with Crippen LogP contribution >= 0.6 is 0 Å². The number of rotatable bonds is 7. The van der Waals surface area contributed by atoms with Gasteiger partial charge in [0.2, 0.25) is 5.91 Å². The summed E-state index contributed by atoms with van der Waals surface area (Å²) in [7, 11) is 1.80. The van der Waals surface area contributed by atoms with Gasteiger partial charge in [-0.1, -0.05) is 6.42 Å². The molecule has 3 N–H and O–H groups in total. The summed E-state index contributed by atoms with van der Waals surface area (Å²) in [6, 6.07) is 0.273. The van der Waals surface area contributed by atoms with E-state index in [1.807, 2.05) is 0 Å². The lowest BCUT2D eigenvalue weighted by Crippen LogP contribution is -2.34. The zero-order valence-corrected chi connectivity index (χ0v) is 11.3. The number of hydrogen-bond donors (Lipinski definition) is 2. The van der Waals surface area contributed by atoms with Crippen molar-refractivity contribution < 1.29 is 14.6 Å². The quantitative estimate of drug-likeness (QED) is 0.647. The molecule has 0 aliphatic heterocycles. The van der Waals surface area contributed by atoms with E-state index >= 15 is 0 Å². The van der Waals surface area contributed by atoms with Crippen LogP contribution in [0.25, 0.3) is 0 Å². The van der Waals surface area contributed by atoms with Crippen LogP contribution in [0.1, 0.15) is 32.1 Å². The van der Waals surface area contributed by atoms with Gasteiger partial charge in [0.25, 0.3) is 0 Å². The molecule has 0 aromatic carbocycles. The molecule has 5 heteroatoms. The molecule has 106 valence electrons. The summed E-state index contributed by atoms with van der Waals surface area (Å²) in [5.41, 5.74) is 5.92. The van der Waals surface area contributed by atoms with E-state index < -0.39 is 0 Å². The summed E-state index contributed by atoms with van der Waals surface area (Å²) >= 11 is 0. The Labute approximate surface area is 109 Å². The lowest BCUT2D eigenvalue weighted by molar-refractivity contribution is -0.131. The van der Waals surface area contributed by atoms with Crippen molar-refractivity contribution in [2.75, 3.05) is 33.4 Å². The molecule has 2 atom stereocenters. The molecule has 1 rings (SSSR count). The van der Waals surface area contributed by atoms with Gasteiger partial charge in [0.05, 0.1) is 19.8 Å². The maximum atomic E-state index is 12.0. The predicted molar refractivity (Wildman–Crippen MR) is 70.1 cm³/mol. The fourth-order valence-electron chi connectivity index (χ4n) is 2.41. The van der Waals surface area contributed by atoms with E-state index in [9.17, 15) is 4.79 Å². The number of ether oxygens (including phenoxy) is 1. The van der Waals surface area contributed by atoms with E-state index in [0.717, 1.165) is 25.7 Å². The summed E-state index contributed by atoms with van der Waals surface area (Å²) in [4.78, 5) is 13.7. The Morgan fingerprint density at radius 2 is 2.22 bits per heavy atom. The zero-order chi connectivity index (χ0) is 13.4. The second kappa shape index (κ2) is 8.45. The smallest absolute Gasteiger partial charge is 0.222 e. The maximum Gasteiger partial charge on any atom is 0.222 e. The van der Waals surface area contributed by atoms with Gasteiger partial charge in [0, 0.05) is 26.1 Å². The van der Waals surface area contributed by atoms with E-state index in [1.165, 1.54) is 0 Å². The van der Waals surface area contributed by atoms with Crippen molar-refractivity contribution in [3.05, 3.63) is 0 Å². The fraction of sp³-hybridized carbons (Fsp3) is 0.923. The molecule has 0 radical (unpaired) electrons. The zero-order valence-electron chi connectivity index (χ0n) is 11.3. The molecule has 2 unspecified atom stereocenters. The molecule has 1 fully saturated rings. The molecule has 1 aliphatic carbocycles. The average Bonchev–Trinajstić information content (AvgIpc) is 2.34. The van der Waals surface area contributed by atoms with Gasteiger partial charge in [-0.05, 0) is 25.2 Å². The summed E-state index contributed by atoms with van der Waals surface area (Å²) in [5.74, 6) is 0.615. The van der Waals surface area contributed by atoms with Crippen LogP contribution < -0.4 is 5.73 Å². The average molecular weight is 258 g/mol. The standard InChI is InChI=1S/C13H26N2O3/c1-15(5-7-18-8-6-16)13(17)10-11-3-2-4-12(14)9-11/h11-12,16H,2-10,14H2,1H3. The highest BCUT2D eigenvalue weighted by atomic mass is 16.5. The molecule has 1 aliphatic rings. The van der Waals surface area contributed by atoms with Crippen LogP contribution in [-0.4, -0.2) is 55.4 Å². The minimum atomic E-state index is 0.0254. The van der Waals surface area contributed by atoms with Crippen molar-refractivity contribution in [3.63, 3.8) is 0 Å². The minimum absolute atomic E-state index is 0.0254. The number of aliphatic hydroxyl groups excluding tert-OH is 1. The van der Waals surface area contributed by atoms with Gasteiger partial charge < -0.3 is 20.5 Å². The van der Waals surface area contributed by atoms with Crippen LogP contribution in [-0.2, 0) is 9.53 Å². The second-order valence-corrected chi connectivity index (χ2v) is 5.15. The molecule has 5 nitrogen and oxygen atoms in total. The van der Waals surface area contributed by atoms with E-state index in [2.05, 4.69) is 0 Å². The van der Waals surface area contributed by atoms with Crippen molar-refractivity contribution in [1.82, 2.24) is 4.90 Å². The molecular formula is C13H26N2O3. The number of hydrogen-bond acceptors (Lipinski definition) is 4. The number of nitrogens with two attached hydrogens (primary N) is 1. The van der Waals surface area contributed by atoms with E-state index in [4.69, 9.17) is 15.6 Å². The maximum absolute atomic E-state index is 12.0. The summed E-state index contributed by atoms with van der Waals surface area (Å²) in [5, 5.41) is 8.56. The highest BCUT2D eigenvalue weighted by molar-refractivity contribution is 5.76. The number of likely N-dealkylation sites (N-methyl/N-ethyl adjacent to an activating group) is 1. The summed E-state index contributed by atoms with van der Waals surface area (Å²) in [6.45, 7) is 1.42.